The highest BCUT2D eigenvalue weighted by atomic mass is 19.4. The Bertz CT molecular complexity index is 555. The largest absolute Gasteiger partial charge is 0.444 e. The first-order valence-electron chi connectivity index (χ1n) is 7.60. The van der Waals surface area contributed by atoms with Crippen molar-refractivity contribution in [3.63, 3.8) is 0 Å². The average Bonchev–Trinajstić information content (AvgIpc) is 2.34. The fraction of sp³-hybridized carbons (Fsp3) is 0.588. The van der Waals surface area contributed by atoms with Gasteiger partial charge in [-0.15, -0.1) is 0 Å². The van der Waals surface area contributed by atoms with Gasteiger partial charge in [-0.1, -0.05) is 12.1 Å². The van der Waals surface area contributed by atoms with Crippen molar-refractivity contribution in [1.82, 2.24) is 4.90 Å². The molecular formula is C17H22F3NO2. The van der Waals surface area contributed by atoms with Crippen LogP contribution in [0, 0.1) is 0 Å². The molecule has 1 saturated carbocycles. The van der Waals surface area contributed by atoms with Crippen molar-refractivity contribution in [3.8, 4) is 0 Å². The minimum Gasteiger partial charge on any atom is -0.444 e. The molecule has 1 aliphatic carbocycles. The SMILES string of the molecule is CN(C(=O)OC(C)(C)C)C1CC(c2ccc(C(F)(F)F)cc2)C1. The molecule has 0 atom stereocenters. The summed E-state index contributed by atoms with van der Waals surface area (Å²) in [5.41, 5.74) is -0.295. The van der Waals surface area contributed by atoms with Crippen LogP contribution >= 0.6 is 0 Å². The smallest absolute Gasteiger partial charge is 0.416 e. The average molecular weight is 329 g/mol. The Morgan fingerprint density at radius 3 is 2.09 bits per heavy atom. The van der Waals surface area contributed by atoms with Crippen LogP contribution < -0.4 is 0 Å². The molecule has 2 rings (SSSR count). The number of nitrogens with zero attached hydrogens (tertiary/aromatic N) is 1. The lowest BCUT2D eigenvalue weighted by molar-refractivity contribution is -0.137. The van der Waals surface area contributed by atoms with Crippen LogP contribution in [0.15, 0.2) is 24.3 Å². The van der Waals surface area contributed by atoms with Gasteiger partial charge in [0.1, 0.15) is 5.60 Å². The molecule has 0 unspecified atom stereocenters. The van der Waals surface area contributed by atoms with Gasteiger partial charge >= 0.3 is 12.3 Å². The molecule has 6 heteroatoms. The summed E-state index contributed by atoms with van der Waals surface area (Å²) in [5, 5.41) is 0. The number of benzene rings is 1. The molecule has 0 bridgehead atoms. The molecule has 0 saturated heterocycles. The molecular weight excluding hydrogens is 307 g/mol. The summed E-state index contributed by atoms with van der Waals surface area (Å²) >= 11 is 0. The van der Waals surface area contributed by atoms with Crippen molar-refractivity contribution in [3.05, 3.63) is 35.4 Å². The Morgan fingerprint density at radius 2 is 1.65 bits per heavy atom. The summed E-state index contributed by atoms with van der Waals surface area (Å²) in [6, 6.07) is 5.34. The maximum absolute atomic E-state index is 12.6. The summed E-state index contributed by atoms with van der Waals surface area (Å²) in [6.45, 7) is 5.43. The number of halogens is 3. The quantitative estimate of drug-likeness (QED) is 0.778. The van der Waals surface area contributed by atoms with Crippen molar-refractivity contribution in [2.24, 2.45) is 0 Å². The van der Waals surface area contributed by atoms with Gasteiger partial charge in [0.25, 0.3) is 0 Å². The second kappa shape index (κ2) is 6.06. The van der Waals surface area contributed by atoms with E-state index in [9.17, 15) is 18.0 Å². The van der Waals surface area contributed by atoms with Crippen molar-refractivity contribution in [1.29, 1.82) is 0 Å². The van der Waals surface area contributed by atoms with Crippen LogP contribution in [0.1, 0.15) is 50.7 Å². The van der Waals surface area contributed by atoms with E-state index in [1.54, 1.807) is 11.9 Å². The minimum atomic E-state index is -4.31. The maximum Gasteiger partial charge on any atom is 0.416 e. The predicted molar refractivity (Wildman–Crippen MR) is 81.2 cm³/mol. The van der Waals surface area contributed by atoms with Crippen LogP contribution in [0.3, 0.4) is 0 Å². The number of rotatable bonds is 2. The third-order valence-electron chi connectivity index (χ3n) is 4.05. The highest BCUT2D eigenvalue weighted by Crippen LogP contribution is 2.40. The van der Waals surface area contributed by atoms with Gasteiger partial charge in [0.15, 0.2) is 0 Å². The number of amides is 1. The number of carbonyl (C=O) groups is 1. The molecule has 0 spiro atoms. The fourth-order valence-corrected chi connectivity index (χ4v) is 2.60. The van der Waals surface area contributed by atoms with E-state index in [0.717, 1.165) is 30.5 Å². The van der Waals surface area contributed by atoms with Crippen LogP contribution in [-0.4, -0.2) is 29.7 Å². The molecule has 128 valence electrons. The van der Waals surface area contributed by atoms with E-state index in [0.29, 0.717) is 0 Å². The molecule has 1 aliphatic rings. The lowest BCUT2D eigenvalue weighted by Gasteiger charge is -2.41. The number of ether oxygens (including phenoxy) is 1. The van der Waals surface area contributed by atoms with Gasteiger partial charge in [0.05, 0.1) is 5.56 Å². The van der Waals surface area contributed by atoms with Crippen molar-refractivity contribution < 1.29 is 22.7 Å². The lowest BCUT2D eigenvalue weighted by atomic mass is 9.75. The van der Waals surface area contributed by atoms with E-state index in [-0.39, 0.29) is 18.1 Å². The van der Waals surface area contributed by atoms with Gasteiger partial charge < -0.3 is 9.64 Å². The standard InChI is InChI=1S/C17H22F3NO2/c1-16(2,3)23-15(22)21(4)14-9-12(10-14)11-5-7-13(8-6-11)17(18,19)20/h5-8,12,14H,9-10H2,1-4H3. The number of hydrogen-bond donors (Lipinski definition) is 0. The van der Waals surface area contributed by atoms with Crippen LogP contribution in [-0.2, 0) is 10.9 Å². The summed E-state index contributed by atoms with van der Waals surface area (Å²) in [7, 11) is 1.70. The Balaban J connectivity index is 1.90. The van der Waals surface area contributed by atoms with Crippen LogP contribution in [0.25, 0.3) is 0 Å². The van der Waals surface area contributed by atoms with E-state index < -0.39 is 17.3 Å². The first-order chi connectivity index (χ1) is 10.5. The summed E-state index contributed by atoms with van der Waals surface area (Å²) in [6.07, 6.45) is -3.20. The lowest BCUT2D eigenvalue weighted by Crippen LogP contribution is -2.46. The third kappa shape index (κ3) is 4.39. The second-order valence-corrected chi connectivity index (χ2v) is 7.03. The number of carbonyl (C=O) groups excluding carboxylic acids is 1. The normalized spacial score (nSPS) is 21.5. The van der Waals surface area contributed by atoms with Gasteiger partial charge in [0, 0.05) is 13.1 Å². The molecule has 0 heterocycles. The van der Waals surface area contributed by atoms with E-state index in [1.165, 1.54) is 12.1 Å². The van der Waals surface area contributed by atoms with Gasteiger partial charge in [0.2, 0.25) is 0 Å². The number of hydrogen-bond acceptors (Lipinski definition) is 2. The Labute approximate surface area is 134 Å². The highest BCUT2D eigenvalue weighted by Gasteiger charge is 2.37. The minimum absolute atomic E-state index is 0.0668. The summed E-state index contributed by atoms with van der Waals surface area (Å²) in [4.78, 5) is 13.5. The van der Waals surface area contributed by atoms with Crippen molar-refractivity contribution in [2.75, 3.05) is 7.05 Å². The summed E-state index contributed by atoms with van der Waals surface area (Å²) < 4.78 is 43.0. The third-order valence-corrected chi connectivity index (χ3v) is 4.05. The second-order valence-electron chi connectivity index (χ2n) is 7.03. The molecule has 0 aliphatic heterocycles. The Kier molecular flexibility index (Phi) is 4.64. The maximum atomic E-state index is 12.6. The predicted octanol–water partition coefficient (Wildman–Crippen LogP) is 4.82. The highest BCUT2D eigenvalue weighted by molar-refractivity contribution is 5.68. The van der Waals surface area contributed by atoms with Crippen LogP contribution in [0.2, 0.25) is 0 Å². The zero-order chi connectivity index (χ0) is 17.4. The van der Waals surface area contributed by atoms with Crippen molar-refractivity contribution in [2.45, 2.75) is 57.3 Å². The molecule has 0 N–H and O–H groups in total. The molecule has 0 aromatic heterocycles. The first kappa shape index (κ1) is 17.6. The Morgan fingerprint density at radius 1 is 1.13 bits per heavy atom. The van der Waals surface area contributed by atoms with Gasteiger partial charge in [-0.05, 0) is 57.2 Å². The van der Waals surface area contributed by atoms with Gasteiger partial charge in [-0.3, -0.25) is 0 Å². The van der Waals surface area contributed by atoms with Crippen molar-refractivity contribution >= 4 is 6.09 Å². The molecule has 3 nitrogen and oxygen atoms in total. The van der Waals surface area contributed by atoms with Gasteiger partial charge in [-0.2, -0.15) is 13.2 Å². The zero-order valence-corrected chi connectivity index (χ0v) is 13.8. The molecule has 0 radical (unpaired) electrons. The summed E-state index contributed by atoms with van der Waals surface area (Å²) in [5.74, 6) is 0.187. The van der Waals surface area contributed by atoms with E-state index >= 15 is 0 Å². The monoisotopic (exact) mass is 329 g/mol. The van der Waals surface area contributed by atoms with E-state index in [4.69, 9.17) is 4.74 Å². The molecule has 1 amide bonds. The Hall–Kier alpha value is -1.72. The molecule has 1 aromatic carbocycles. The fourth-order valence-electron chi connectivity index (χ4n) is 2.60. The van der Waals surface area contributed by atoms with Gasteiger partial charge in [-0.25, -0.2) is 4.79 Å². The van der Waals surface area contributed by atoms with Crippen LogP contribution in [0.5, 0.6) is 0 Å². The number of alkyl halides is 3. The first-order valence-corrected chi connectivity index (χ1v) is 7.60. The zero-order valence-electron chi connectivity index (χ0n) is 13.8. The molecule has 1 fully saturated rings. The van der Waals surface area contributed by atoms with E-state index in [1.807, 2.05) is 20.8 Å². The van der Waals surface area contributed by atoms with Crippen LogP contribution in [0.4, 0.5) is 18.0 Å². The topological polar surface area (TPSA) is 29.5 Å². The van der Waals surface area contributed by atoms with E-state index in [2.05, 4.69) is 0 Å². The molecule has 23 heavy (non-hydrogen) atoms. The molecule has 1 aromatic rings.